The van der Waals surface area contributed by atoms with Crippen molar-refractivity contribution >= 4 is 34.7 Å². The van der Waals surface area contributed by atoms with E-state index in [9.17, 15) is 0 Å². The van der Waals surface area contributed by atoms with Crippen LogP contribution in [0.2, 0.25) is 0 Å². The fourth-order valence-electron chi connectivity index (χ4n) is 4.30. The van der Waals surface area contributed by atoms with Gasteiger partial charge in [0.1, 0.15) is 11.5 Å². The molecule has 0 saturated heterocycles. The molecule has 5 heteroatoms. The van der Waals surface area contributed by atoms with Crippen LogP contribution in [0.1, 0.15) is 0 Å². The number of aromatic nitrogens is 1. The Balaban J connectivity index is 0.00000196. The number of pyridine rings is 1. The third-order valence-electron chi connectivity index (χ3n) is 5.71. The molecule has 0 saturated carbocycles. The average Bonchev–Trinajstić information content (AvgIpc) is 2.83. The minimum atomic E-state index is -0.762. The normalized spacial score (nSPS) is 14.8. The minimum absolute atomic E-state index is 0. The first-order valence-electron chi connectivity index (χ1n) is 10.2. The Kier molecular flexibility index (Phi) is 4.62. The molecule has 0 bridgehead atoms. The maximum Gasteiger partial charge on any atom is 0.132 e. The number of nitrogens with zero attached hydrogens (tertiary/aromatic N) is 1. The fraction of sp³-hybridized carbons (Fsp3) is 0. The maximum atomic E-state index is 6.38. The van der Waals surface area contributed by atoms with E-state index in [0.717, 1.165) is 50.5 Å². The van der Waals surface area contributed by atoms with Crippen molar-refractivity contribution in [2.75, 3.05) is 0 Å². The zero-order valence-electron chi connectivity index (χ0n) is 16.7. The van der Waals surface area contributed by atoms with Crippen molar-refractivity contribution in [3.8, 4) is 34.3 Å². The Bertz CT molecular complexity index is 1450. The molecule has 155 valence electrons. The predicted octanol–water partition coefficient (Wildman–Crippen LogP) is 5.67. The molecule has 5 aromatic rings. The summed E-state index contributed by atoms with van der Waals surface area (Å²) in [6.07, 6.45) is 0. The molecule has 0 aliphatic carbocycles. The van der Waals surface area contributed by atoms with Gasteiger partial charge in [-0.1, -0.05) is 78.9 Å². The van der Waals surface area contributed by atoms with E-state index < -0.39 is 7.92 Å². The summed E-state index contributed by atoms with van der Waals surface area (Å²) in [7, 11) is -0.762. The molecule has 7 rings (SSSR count). The van der Waals surface area contributed by atoms with Crippen molar-refractivity contribution in [2.24, 2.45) is 0 Å². The largest absolute Gasteiger partial charge is 0.476 e. The van der Waals surface area contributed by atoms with Gasteiger partial charge in [0.2, 0.25) is 0 Å². The van der Waals surface area contributed by atoms with Crippen molar-refractivity contribution in [3.63, 3.8) is 0 Å². The van der Waals surface area contributed by atoms with E-state index in [1.165, 1.54) is 10.6 Å². The first kappa shape index (κ1) is 19.6. The predicted molar refractivity (Wildman–Crippen MR) is 125 cm³/mol. The van der Waals surface area contributed by atoms with Crippen LogP contribution in [-0.2, 0) is 20.1 Å². The van der Waals surface area contributed by atoms with Crippen molar-refractivity contribution in [1.29, 1.82) is 0 Å². The number of rotatable bonds is 1. The van der Waals surface area contributed by atoms with Crippen molar-refractivity contribution in [1.82, 2.24) is 4.98 Å². The van der Waals surface area contributed by atoms with Crippen LogP contribution in [0.25, 0.3) is 22.2 Å². The standard InChI is InChI=1S/C27H15NO2P.Ir/c1-2-8-19-17(7-1)13-14-20(28-19)18-15-23-27-24(16-18)30-22-10-4-6-12-26(22)31(27)25-11-5-3-9-21(25)29-23;/h1-15H;/q-1;. The molecule has 3 heterocycles. The Morgan fingerprint density at radius 1 is 0.688 bits per heavy atom. The molecule has 0 N–H and O–H groups in total. The van der Waals surface area contributed by atoms with E-state index in [4.69, 9.17) is 14.5 Å². The average molecular weight is 609 g/mol. The second kappa shape index (κ2) is 7.53. The maximum absolute atomic E-state index is 6.38. The number of ether oxygens (including phenoxy) is 2. The van der Waals surface area contributed by atoms with Gasteiger partial charge in [-0.05, 0) is 42.5 Å². The van der Waals surface area contributed by atoms with Crippen LogP contribution in [0.4, 0.5) is 0 Å². The molecule has 4 aromatic carbocycles. The van der Waals surface area contributed by atoms with Gasteiger partial charge >= 0.3 is 0 Å². The molecular formula is C27H15IrNO2P-. The van der Waals surface area contributed by atoms with Gasteiger partial charge in [0.15, 0.2) is 0 Å². The topological polar surface area (TPSA) is 31.4 Å². The van der Waals surface area contributed by atoms with Crippen LogP contribution in [0.15, 0.2) is 91.0 Å². The van der Waals surface area contributed by atoms with Crippen molar-refractivity contribution in [2.45, 2.75) is 0 Å². The van der Waals surface area contributed by atoms with Gasteiger partial charge < -0.3 is 9.47 Å². The summed E-state index contributed by atoms with van der Waals surface area (Å²) in [5.41, 5.74) is 2.68. The van der Waals surface area contributed by atoms with Gasteiger partial charge in [-0.15, -0.1) is 5.56 Å². The van der Waals surface area contributed by atoms with Crippen LogP contribution in [0.5, 0.6) is 23.0 Å². The molecule has 0 fully saturated rings. The molecule has 1 unspecified atom stereocenters. The molecule has 0 amide bonds. The summed E-state index contributed by atoms with van der Waals surface area (Å²) in [6.45, 7) is 0. The first-order chi connectivity index (χ1) is 15.3. The van der Waals surface area contributed by atoms with Crippen molar-refractivity contribution < 1.29 is 29.6 Å². The summed E-state index contributed by atoms with van der Waals surface area (Å²) < 4.78 is 12.7. The Morgan fingerprint density at radius 2 is 1.38 bits per heavy atom. The summed E-state index contributed by atoms with van der Waals surface area (Å²) >= 11 is 0. The van der Waals surface area contributed by atoms with E-state index in [0.29, 0.717) is 0 Å². The number of hydrogen-bond acceptors (Lipinski definition) is 3. The SMILES string of the molecule is [Ir].[c-]1c(-c2ccc3ccccc3n2)cc2c3c1Oc1ccccc1P3c1ccccc1O2. The molecule has 2 aliphatic rings. The van der Waals surface area contributed by atoms with Crippen LogP contribution in [0.3, 0.4) is 0 Å². The third-order valence-corrected chi connectivity index (χ3v) is 8.29. The number of fused-ring (bicyclic) bond motifs is 5. The second-order valence-corrected chi connectivity index (χ2v) is 9.67. The summed E-state index contributed by atoms with van der Waals surface area (Å²) in [5, 5.41) is 4.64. The molecule has 2 aliphatic heterocycles. The van der Waals surface area contributed by atoms with Crippen molar-refractivity contribution in [3.05, 3.63) is 97.1 Å². The zero-order chi connectivity index (χ0) is 20.4. The summed E-state index contributed by atoms with van der Waals surface area (Å²) in [5.74, 6) is 3.37. The van der Waals surface area contributed by atoms with Gasteiger partial charge in [-0.2, -0.15) is 0 Å². The summed E-state index contributed by atoms with van der Waals surface area (Å²) in [6, 6.07) is 34.4. The molecule has 1 aromatic heterocycles. The molecule has 1 radical (unpaired) electrons. The molecule has 32 heavy (non-hydrogen) atoms. The van der Waals surface area contributed by atoms with E-state index >= 15 is 0 Å². The molecule has 1 atom stereocenters. The van der Waals surface area contributed by atoms with Crippen LogP contribution >= 0.6 is 7.92 Å². The van der Waals surface area contributed by atoms with Gasteiger partial charge in [-0.3, -0.25) is 4.98 Å². The van der Waals surface area contributed by atoms with E-state index in [2.05, 4.69) is 48.5 Å². The third kappa shape index (κ3) is 2.92. The van der Waals surface area contributed by atoms with Gasteiger partial charge in [0.05, 0.1) is 17.0 Å². The van der Waals surface area contributed by atoms with E-state index in [1.54, 1.807) is 0 Å². The first-order valence-corrected chi connectivity index (χ1v) is 11.5. The Morgan fingerprint density at radius 3 is 2.19 bits per heavy atom. The molecular weight excluding hydrogens is 593 g/mol. The monoisotopic (exact) mass is 609 g/mol. The molecule has 3 nitrogen and oxygen atoms in total. The number of hydrogen-bond donors (Lipinski definition) is 0. The Labute approximate surface area is 200 Å². The van der Waals surface area contributed by atoms with Gasteiger partial charge in [0.25, 0.3) is 0 Å². The van der Waals surface area contributed by atoms with Gasteiger partial charge in [0, 0.05) is 30.7 Å². The Hall–Kier alpha value is -3.03. The smallest absolute Gasteiger partial charge is 0.132 e. The number of para-hydroxylation sites is 3. The number of benzene rings is 4. The minimum Gasteiger partial charge on any atom is -0.476 e. The van der Waals surface area contributed by atoms with E-state index in [1.807, 2.05) is 48.5 Å². The fourth-order valence-corrected chi connectivity index (χ4v) is 6.83. The van der Waals surface area contributed by atoms with Gasteiger partial charge in [-0.25, -0.2) is 0 Å². The zero-order valence-corrected chi connectivity index (χ0v) is 20.0. The van der Waals surface area contributed by atoms with Crippen LogP contribution < -0.4 is 25.4 Å². The molecule has 0 spiro atoms. The van der Waals surface area contributed by atoms with E-state index in [-0.39, 0.29) is 20.1 Å². The summed E-state index contributed by atoms with van der Waals surface area (Å²) in [4.78, 5) is 4.86. The quantitative estimate of drug-likeness (QED) is 0.178. The van der Waals surface area contributed by atoms with Crippen LogP contribution in [0, 0.1) is 6.07 Å². The second-order valence-electron chi connectivity index (χ2n) is 7.59. The van der Waals surface area contributed by atoms with Crippen LogP contribution in [-0.4, -0.2) is 4.98 Å².